The fourth-order valence-corrected chi connectivity index (χ4v) is 0.493. The summed E-state index contributed by atoms with van der Waals surface area (Å²) in [6, 6.07) is 0. The fourth-order valence-electron chi connectivity index (χ4n) is 0.493. The van der Waals surface area contributed by atoms with E-state index < -0.39 is 4.92 Å². The Hall–Kier alpha value is -1.39. The highest BCUT2D eigenvalue weighted by molar-refractivity contribution is 5.11. The van der Waals surface area contributed by atoms with Gasteiger partial charge in [-0.2, -0.15) is 0 Å². The van der Waals surface area contributed by atoms with Crippen molar-refractivity contribution in [1.82, 2.24) is 9.55 Å². The molecule has 0 saturated heterocycles. The second-order valence-electron chi connectivity index (χ2n) is 1.65. The highest BCUT2D eigenvalue weighted by Crippen LogP contribution is 2.02. The van der Waals surface area contributed by atoms with Gasteiger partial charge in [-0.05, 0) is 9.91 Å². The standard InChI is InChI=1S/C4H5N3O2.C2H6/c1-6-2-4(5-3-6)7(8)9;1-2/h2-3H,1H3;1-2H3. The Morgan fingerprint density at radius 2 is 2.18 bits per heavy atom. The predicted octanol–water partition coefficient (Wildman–Crippen LogP) is 1.35. The molecule has 0 spiro atoms. The Morgan fingerprint density at radius 1 is 1.64 bits per heavy atom. The molecule has 0 saturated carbocycles. The first-order valence-corrected chi connectivity index (χ1v) is 3.32. The highest BCUT2D eigenvalue weighted by atomic mass is 16.6. The van der Waals surface area contributed by atoms with Gasteiger partial charge in [-0.1, -0.05) is 13.8 Å². The van der Waals surface area contributed by atoms with Gasteiger partial charge in [-0.25, -0.2) is 0 Å². The van der Waals surface area contributed by atoms with Gasteiger partial charge in [0.2, 0.25) is 6.33 Å². The van der Waals surface area contributed by atoms with Crippen molar-refractivity contribution in [3.63, 3.8) is 0 Å². The summed E-state index contributed by atoms with van der Waals surface area (Å²) in [4.78, 5) is 12.9. The Balaban J connectivity index is 0.000000461. The lowest BCUT2D eigenvalue weighted by Gasteiger charge is -1.82. The van der Waals surface area contributed by atoms with Gasteiger partial charge in [0.25, 0.3) is 0 Å². The first-order chi connectivity index (χ1) is 5.20. The van der Waals surface area contributed by atoms with Crippen LogP contribution in [0.1, 0.15) is 13.8 Å². The molecule has 0 atom stereocenters. The van der Waals surface area contributed by atoms with Gasteiger partial charge in [-0.3, -0.25) is 0 Å². The molecule has 5 nitrogen and oxygen atoms in total. The quantitative estimate of drug-likeness (QED) is 0.456. The van der Waals surface area contributed by atoms with E-state index in [4.69, 9.17) is 0 Å². The van der Waals surface area contributed by atoms with E-state index in [1.165, 1.54) is 17.1 Å². The summed E-state index contributed by atoms with van der Waals surface area (Å²) in [5.74, 6) is -0.113. The number of hydrogen-bond donors (Lipinski definition) is 0. The summed E-state index contributed by atoms with van der Waals surface area (Å²) in [6.07, 6.45) is 2.73. The lowest BCUT2D eigenvalue weighted by molar-refractivity contribution is -0.389. The molecule has 0 aliphatic carbocycles. The van der Waals surface area contributed by atoms with Crippen LogP contribution in [0.15, 0.2) is 12.5 Å². The number of hydrogen-bond acceptors (Lipinski definition) is 3. The maximum atomic E-state index is 9.94. The summed E-state index contributed by atoms with van der Waals surface area (Å²) in [5, 5.41) is 9.94. The molecule has 0 bridgehead atoms. The SMILES string of the molecule is CC.Cn1cnc([N+](=O)[O-])c1. The van der Waals surface area contributed by atoms with E-state index in [2.05, 4.69) is 4.98 Å². The van der Waals surface area contributed by atoms with Gasteiger partial charge >= 0.3 is 5.82 Å². The van der Waals surface area contributed by atoms with Crippen molar-refractivity contribution in [2.75, 3.05) is 0 Å². The average molecular weight is 157 g/mol. The highest BCUT2D eigenvalue weighted by Gasteiger charge is 2.05. The van der Waals surface area contributed by atoms with E-state index in [9.17, 15) is 10.1 Å². The number of rotatable bonds is 1. The van der Waals surface area contributed by atoms with Gasteiger partial charge in [0.05, 0.1) is 0 Å². The van der Waals surface area contributed by atoms with Crippen LogP contribution in [0, 0.1) is 10.1 Å². The molecular formula is C6H11N3O2. The molecule has 0 amide bonds. The van der Waals surface area contributed by atoms with Crippen molar-refractivity contribution in [2.24, 2.45) is 7.05 Å². The van der Waals surface area contributed by atoms with E-state index in [0.29, 0.717) is 0 Å². The number of nitrogens with zero attached hydrogens (tertiary/aromatic N) is 3. The monoisotopic (exact) mass is 157 g/mol. The Kier molecular flexibility index (Phi) is 3.87. The molecule has 0 aliphatic heterocycles. The molecule has 1 rings (SSSR count). The molecule has 0 unspecified atom stereocenters. The second kappa shape index (κ2) is 4.43. The molecule has 62 valence electrons. The fraction of sp³-hybridized carbons (Fsp3) is 0.500. The van der Waals surface area contributed by atoms with Crippen LogP contribution in [0.3, 0.4) is 0 Å². The van der Waals surface area contributed by atoms with E-state index >= 15 is 0 Å². The minimum absolute atomic E-state index is 0.113. The minimum Gasteiger partial charge on any atom is -0.358 e. The molecule has 1 aromatic heterocycles. The van der Waals surface area contributed by atoms with Crippen molar-refractivity contribution in [3.8, 4) is 0 Å². The molecule has 0 aliphatic rings. The van der Waals surface area contributed by atoms with Crippen LogP contribution in [-0.4, -0.2) is 14.5 Å². The summed E-state index contributed by atoms with van der Waals surface area (Å²) in [6.45, 7) is 4.00. The van der Waals surface area contributed by atoms with Crippen LogP contribution in [0.5, 0.6) is 0 Å². The minimum atomic E-state index is -0.528. The average Bonchev–Trinajstić information content (AvgIpc) is 2.40. The number of aryl methyl sites for hydroxylation is 1. The van der Waals surface area contributed by atoms with Crippen molar-refractivity contribution < 1.29 is 4.92 Å². The zero-order valence-corrected chi connectivity index (χ0v) is 6.81. The van der Waals surface area contributed by atoms with E-state index in [0.717, 1.165) is 0 Å². The maximum Gasteiger partial charge on any atom is 0.381 e. The van der Waals surface area contributed by atoms with E-state index in [-0.39, 0.29) is 5.82 Å². The molecule has 1 aromatic rings. The number of nitro groups is 1. The van der Waals surface area contributed by atoms with Crippen LogP contribution in [0.2, 0.25) is 0 Å². The molecule has 0 radical (unpaired) electrons. The molecular weight excluding hydrogens is 146 g/mol. The molecule has 11 heavy (non-hydrogen) atoms. The van der Waals surface area contributed by atoms with Crippen LogP contribution >= 0.6 is 0 Å². The van der Waals surface area contributed by atoms with E-state index in [1.54, 1.807) is 7.05 Å². The van der Waals surface area contributed by atoms with Gasteiger partial charge in [0.15, 0.2) is 0 Å². The summed E-state index contributed by atoms with van der Waals surface area (Å²) < 4.78 is 1.53. The first-order valence-electron chi connectivity index (χ1n) is 3.32. The predicted molar refractivity (Wildman–Crippen MR) is 41.2 cm³/mol. The lowest BCUT2D eigenvalue weighted by Crippen LogP contribution is -1.86. The van der Waals surface area contributed by atoms with E-state index in [1.807, 2.05) is 13.8 Å². The third-order valence-electron chi connectivity index (χ3n) is 0.878. The summed E-state index contributed by atoms with van der Waals surface area (Å²) in [7, 11) is 1.68. The number of imidazole rings is 1. The first kappa shape index (κ1) is 9.61. The Morgan fingerprint density at radius 3 is 2.36 bits per heavy atom. The van der Waals surface area contributed by atoms with Crippen molar-refractivity contribution in [1.29, 1.82) is 0 Å². The maximum absolute atomic E-state index is 9.94. The van der Waals surface area contributed by atoms with Crippen LogP contribution in [0.4, 0.5) is 5.82 Å². The molecule has 0 N–H and O–H groups in total. The Bertz CT molecular complexity index is 231. The summed E-state index contributed by atoms with van der Waals surface area (Å²) in [5.41, 5.74) is 0. The van der Waals surface area contributed by atoms with Crippen molar-refractivity contribution in [3.05, 3.63) is 22.6 Å². The van der Waals surface area contributed by atoms with Crippen molar-refractivity contribution in [2.45, 2.75) is 13.8 Å². The summed E-state index contributed by atoms with van der Waals surface area (Å²) >= 11 is 0. The topological polar surface area (TPSA) is 61.0 Å². The third kappa shape index (κ3) is 2.79. The van der Waals surface area contributed by atoms with Crippen LogP contribution in [-0.2, 0) is 7.05 Å². The van der Waals surface area contributed by atoms with Gasteiger partial charge in [-0.15, -0.1) is 0 Å². The van der Waals surface area contributed by atoms with Crippen molar-refractivity contribution >= 4 is 5.82 Å². The normalized spacial score (nSPS) is 8.27. The smallest absolute Gasteiger partial charge is 0.358 e. The Labute approximate surface area is 64.8 Å². The zero-order valence-electron chi connectivity index (χ0n) is 6.81. The second-order valence-corrected chi connectivity index (χ2v) is 1.65. The van der Waals surface area contributed by atoms with Crippen LogP contribution < -0.4 is 0 Å². The molecule has 5 heteroatoms. The van der Waals surface area contributed by atoms with Crippen LogP contribution in [0.25, 0.3) is 0 Å². The zero-order chi connectivity index (χ0) is 8.85. The molecule has 0 aromatic carbocycles. The molecule has 0 fully saturated rings. The van der Waals surface area contributed by atoms with Gasteiger partial charge < -0.3 is 14.7 Å². The third-order valence-corrected chi connectivity index (χ3v) is 0.878. The number of aromatic nitrogens is 2. The van der Waals surface area contributed by atoms with Gasteiger partial charge in [0, 0.05) is 7.05 Å². The largest absolute Gasteiger partial charge is 0.381 e. The lowest BCUT2D eigenvalue weighted by atomic mass is 10.8. The molecule has 1 heterocycles. The van der Waals surface area contributed by atoms with Gasteiger partial charge in [0.1, 0.15) is 6.20 Å².